The third-order valence-electron chi connectivity index (χ3n) is 3.25. The Morgan fingerprint density at radius 1 is 1.42 bits per heavy atom. The van der Waals surface area contributed by atoms with Crippen molar-refractivity contribution >= 4 is 17.5 Å². The molecule has 5 nitrogen and oxygen atoms in total. The van der Waals surface area contributed by atoms with Gasteiger partial charge in [-0.25, -0.2) is 0 Å². The topological polar surface area (TPSA) is 67.4 Å². The van der Waals surface area contributed by atoms with Crippen molar-refractivity contribution in [3.05, 3.63) is 23.8 Å². The van der Waals surface area contributed by atoms with Crippen LogP contribution in [0.15, 0.2) is 18.2 Å². The molecule has 1 aliphatic rings. The first-order valence-corrected chi connectivity index (χ1v) is 6.41. The number of carbonyl (C=O) groups excluding carboxylic acids is 2. The van der Waals surface area contributed by atoms with Crippen molar-refractivity contribution in [2.75, 3.05) is 12.4 Å². The molecule has 19 heavy (non-hydrogen) atoms. The second-order valence-corrected chi connectivity index (χ2v) is 4.53. The summed E-state index contributed by atoms with van der Waals surface area (Å²) in [5.74, 6) is 0.330. The van der Waals surface area contributed by atoms with Gasteiger partial charge in [0.15, 0.2) is 0 Å². The summed E-state index contributed by atoms with van der Waals surface area (Å²) in [7, 11) is 1.63. The highest BCUT2D eigenvalue weighted by molar-refractivity contribution is 6.01. The van der Waals surface area contributed by atoms with Crippen molar-refractivity contribution in [2.24, 2.45) is 0 Å². The molecule has 1 atom stereocenters. The maximum Gasteiger partial charge on any atom is 0.249 e. The maximum atomic E-state index is 11.7. The molecule has 0 spiro atoms. The molecule has 1 aromatic carbocycles. The fraction of sp³-hybridized carbons (Fsp3) is 0.429. The van der Waals surface area contributed by atoms with Gasteiger partial charge in [0.1, 0.15) is 11.8 Å². The summed E-state index contributed by atoms with van der Waals surface area (Å²) in [6.45, 7) is 2.06. The lowest BCUT2D eigenvalue weighted by Crippen LogP contribution is -2.47. The first-order valence-electron chi connectivity index (χ1n) is 6.41. The van der Waals surface area contributed by atoms with Crippen LogP contribution >= 0.6 is 0 Å². The molecule has 0 aliphatic carbocycles. The monoisotopic (exact) mass is 262 g/mol. The van der Waals surface area contributed by atoms with Crippen molar-refractivity contribution in [2.45, 2.75) is 32.2 Å². The molecule has 1 fully saturated rings. The molecule has 2 N–H and O–H groups in total. The SMILES string of the molecule is CCc1ccc(NC2CCC(=O)NC2=O)cc1OC. The smallest absolute Gasteiger partial charge is 0.249 e. The lowest BCUT2D eigenvalue weighted by atomic mass is 10.1. The van der Waals surface area contributed by atoms with Crippen molar-refractivity contribution in [3.8, 4) is 5.75 Å². The van der Waals surface area contributed by atoms with Gasteiger partial charge in [-0.15, -0.1) is 0 Å². The molecule has 2 rings (SSSR count). The van der Waals surface area contributed by atoms with Gasteiger partial charge in [-0.3, -0.25) is 14.9 Å². The Morgan fingerprint density at radius 3 is 2.84 bits per heavy atom. The number of amides is 2. The fourth-order valence-corrected chi connectivity index (χ4v) is 2.16. The summed E-state index contributed by atoms with van der Waals surface area (Å²) >= 11 is 0. The van der Waals surface area contributed by atoms with Gasteiger partial charge < -0.3 is 10.1 Å². The summed E-state index contributed by atoms with van der Waals surface area (Å²) in [5, 5.41) is 5.46. The number of rotatable bonds is 4. The molecule has 1 heterocycles. The Kier molecular flexibility index (Phi) is 4.04. The van der Waals surface area contributed by atoms with Crippen molar-refractivity contribution in [1.29, 1.82) is 0 Å². The summed E-state index contributed by atoms with van der Waals surface area (Å²) in [6, 6.07) is 5.41. The van der Waals surface area contributed by atoms with Gasteiger partial charge in [-0.05, 0) is 24.5 Å². The highest BCUT2D eigenvalue weighted by atomic mass is 16.5. The number of hydrogen-bond donors (Lipinski definition) is 2. The zero-order chi connectivity index (χ0) is 13.8. The van der Waals surface area contributed by atoms with E-state index in [2.05, 4.69) is 17.6 Å². The van der Waals surface area contributed by atoms with Crippen molar-refractivity contribution in [1.82, 2.24) is 5.32 Å². The van der Waals surface area contributed by atoms with E-state index in [9.17, 15) is 9.59 Å². The predicted octanol–water partition coefficient (Wildman–Crippen LogP) is 1.47. The van der Waals surface area contributed by atoms with Crippen LogP contribution in [-0.4, -0.2) is 25.0 Å². The molecular formula is C14H18N2O3. The fourth-order valence-electron chi connectivity index (χ4n) is 2.16. The van der Waals surface area contributed by atoms with E-state index < -0.39 is 0 Å². The molecule has 5 heteroatoms. The van der Waals surface area contributed by atoms with Gasteiger partial charge in [0, 0.05) is 18.2 Å². The van der Waals surface area contributed by atoms with E-state index in [-0.39, 0.29) is 17.9 Å². The van der Waals surface area contributed by atoms with Gasteiger partial charge in [-0.1, -0.05) is 13.0 Å². The van der Waals surface area contributed by atoms with Crippen LogP contribution in [0.4, 0.5) is 5.69 Å². The lowest BCUT2D eigenvalue weighted by molar-refractivity contribution is -0.133. The number of nitrogens with one attached hydrogen (secondary N) is 2. The van der Waals surface area contributed by atoms with Crippen LogP contribution in [0, 0.1) is 0 Å². The minimum absolute atomic E-state index is 0.207. The quantitative estimate of drug-likeness (QED) is 0.806. The first kappa shape index (κ1) is 13.4. The van der Waals surface area contributed by atoms with E-state index in [4.69, 9.17) is 4.74 Å². The number of ether oxygens (including phenoxy) is 1. The number of piperidine rings is 1. The molecule has 1 saturated heterocycles. The Balaban J connectivity index is 2.11. The number of imide groups is 1. The second-order valence-electron chi connectivity index (χ2n) is 4.53. The Morgan fingerprint density at radius 2 is 2.21 bits per heavy atom. The number of methoxy groups -OCH3 is 1. The van der Waals surface area contributed by atoms with Gasteiger partial charge >= 0.3 is 0 Å². The average Bonchev–Trinajstić information content (AvgIpc) is 2.41. The summed E-state index contributed by atoms with van der Waals surface area (Å²) in [6.07, 6.45) is 1.78. The van der Waals surface area contributed by atoms with Gasteiger partial charge in [0.2, 0.25) is 11.8 Å². The lowest BCUT2D eigenvalue weighted by Gasteiger charge is -2.23. The molecule has 102 valence electrons. The van der Waals surface area contributed by atoms with Crippen LogP contribution in [-0.2, 0) is 16.0 Å². The summed E-state index contributed by atoms with van der Waals surface area (Å²) in [5.41, 5.74) is 1.94. The number of carbonyl (C=O) groups is 2. The molecule has 0 saturated carbocycles. The summed E-state index contributed by atoms with van der Waals surface area (Å²) < 4.78 is 5.32. The first-order chi connectivity index (χ1) is 9.13. The molecule has 2 amide bonds. The van der Waals surface area contributed by atoms with Crippen LogP contribution in [0.25, 0.3) is 0 Å². The molecule has 1 aliphatic heterocycles. The molecule has 0 bridgehead atoms. The number of anilines is 1. The van der Waals surface area contributed by atoms with E-state index in [0.717, 1.165) is 23.4 Å². The third-order valence-corrected chi connectivity index (χ3v) is 3.25. The second kappa shape index (κ2) is 5.73. The van der Waals surface area contributed by atoms with Crippen LogP contribution in [0.1, 0.15) is 25.3 Å². The highest BCUT2D eigenvalue weighted by Gasteiger charge is 2.26. The number of aryl methyl sites for hydroxylation is 1. The van der Waals surface area contributed by atoms with E-state index in [1.165, 1.54) is 0 Å². The van der Waals surface area contributed by atoms with Crippen LogP contribution in [0.2, 0.25) is 0 Å². The van der Waals surface area contributed by atoms with E-state index in [1.54, 1.807) is 7.11 Å². The Labute approximate surface area is 112 Å². The van der Waals surface area contributed by atoms with Gasteiger partial charge in [0.05, 0.1) is 7.11 Å². The van der Waals surface area contributed by atoms with Crippen molar-refractivity contribution in [3.63, 3.8) is 0 Å². The number of benzene rings is 1. The zero-order valence-electron chi connectivity index (χ0n) is 11.2. The Bertz CT molecular complexity index is 499. The zero-order valence-corrected chi connectivity index (χ0v) is 11.2. The molecule has 0 aromatic heterocycles. The standard InChI is InChI=1S/C14H18N2O3/c1-3-9-4-5-10(8-12(9)19-2)15-11-6-7-13(17)16-14(11)18/h4-5,8,11,15H,3,6-7H2,1-2H3,(H,16,17,18). The van der Waals surface area contributed by atoms with E-state index in [0.29, 0.717) is 12.8 Å². The van der Waals surface area contributed by atoms with Crippen LogP contribution in [0.5, 0.6) is 5.75 Å². The minimum atomic E-state index is -0.366. The maximum absolute atomic E-state index is 11.7. The van der Waals surface area contributed by atoms with Gasteiger partial charge in [0.25, 0.3) is 0 Å². The molecule has 0 radical (unpaired) electrons. The van der Waals surface area contributed by atoms with E-state index >= 15 is 0 Å². The molecule has 1 aromatic rings. The third kappa shape index (κ3) is 3.05. The van der Waals surface area contributed by atoms with Crippen LogP contribution < -0.4 is 15.4 Å². The largest absolute Gasteiger partial charge is 0.496 e. The van der Waals surface area contributed by atoms with E-state index in [1.807, 2.05) is 18.2 Å². The van der Waals surface area contributed by atoms with Gasteiger partial charge in [-0.2, -0.15) is 0 Å². The highest BCUT2D eigenvalue weighted by Crippen LogP contribution is 2.24. The minimum Gasteiger partial charge on any atom is -0.496 e. The van der Waals surface area contributed by atoms with Crippen molar-refractivity contribution < 1.29 is 14.3 Å². The number of hydrogen-bond acceptors (Lipinski definition) is 4. The molecular weight excluding hydrogens is 244 g/mol. The molecule has 1 unspecified atom stereocenters. The predicted molar refractivity (Wildman–Crippen MR) is 72.2 cm³/mol. The van der Waals surface area contributed by atoms with Crippen LogP contribution in [0.3, 0.4) is 0 Å². The summed E-state index contributed by atoms with van der Waals surface area (Å²) in [4.78, 5) is 22.7. The normalized spacial score (nSPS) is 18.9. The average molecular weight is 262 g/mol. The Hall–Kier alpha value is -2.04.